The summed E-state index contributed by atoms with van der Waals surface area (Å²) in [6, 6.07) is 9.11. The third kappa shape index (κ3) is 2.99. The fraction of sp³-hybridized carbons (Fsp3) is 0.0833. The van der Waals surface area contributed by atoms with Crippen LogP contribution in [-0.4, -0.2) is 4.99 Å². The molecule has 1 heterocycles. The van der Waals surface area contributed by atoms with E-state index in [1.807, 2.05) is 18.2 Å². The summed E-state index contributed by atoms with van der Waals surface area (Å²) in [6.07, 6.45) is 1.63. The first kappa shape index (κ1) is 12.0. The van der Waals surface area contributed by atoms with Crippen LogP contribution in [0.25, 0.3) is 0 Å². The van der Waals surface area contributed by atoms with Gasteiger partial charge in [-0.25, -0.2) is 0 Å². The molecule has 0 bridgehead atoms. The maximum atomic E-state index is 5.90. The van der Waals surface area contributed by atoms with Crippen LogP contribution >= 0.6 is 23.8 Å². The predicted molar refractivity (Wildman–Crippen MR) is 73.4 cm³/mol. The van der Waals surface area contributed by atoms with Gasteiger partial charge in [0, 0.05) is 16.3 Å². The second kappa shape index (κ2) is 5.21. The predicted octanol–water partition coefficient (Wildman–Crippen LogP) is 3.18. The van der Waals surface area contributed by atoms with Crippen molar-refractivity contribution < 1.29 is 4.42 Å². The summed E-state index contributed by atoms with van der Waals surface area (Å²) in [5.74, 6) is 0.842. The second-order valence-corrected chi connectivity index (χ2v) is 4.36. The zero-order valence-corrected chi connectivity index (χ0v) is 10.5. The molecular formula is C12H11ClN2OS. The lowest BCUT2D eigenvalue weighted by Gasteiger charge is -2.10. The number of rotatable bonds is 4. The Bertz CT molecular complexity index is 525. The molecule has 0 saturated heterocycles. The Kier molecular flexibility index (Phi) is 3.66. The quantitative estimate of drug-likeness (QED) is 0.835. The number of hydrogen-bond acceptors (Lipinski definition) is 3. The molecule has 1 aromatic carbocycles. The highest BCUT2D eigenvalue weighted by molar-refractivity contribution is 7.80. The summed E-state index contributed by atoms with van der Waals surface area (Å²) in [5, 5.41) is 3.81. The largest absolute Gasteiger partial charge is 0.467 e. The van der Waals surface area contributed by atoms with Crippen LogP contribution in [0.2, 0.25) is 5.02 Å². The Hall–Kier alpha value is -1.52. The van der Waals surface area contributed by atoms with Crippen LogP contribution in [0.15, 0.2) is 41.0 Å². The van der Waals surface area contributed by atoms with Gasteiger partial charge in [0.15, 0.2) is 0 Å². The van der Waals surface area contributed by atoms with Gasteiger partial charge in [-0.05, 0) is 30.3 Å². The molecule has 0 fully saturated rings. The van der Waals surface area contributed by atoms with Crippen LogP contribution in [0.1, 0.15) is 11.3 Å². The van der Waals surface area contributed by atoms with Crippen molar-refractivity contribution in [1.29, 1.82) is 0 Å². The number of nitrogens with one attached hydrogen (secondary N) is 1. The molecule has 88 valence electrons. The standard InChI is InChI=1S/C12H11ClN2OS/c13-8-3-4-11(10(6-8)12(14)17)15-7-9-2-1-5-16-9/h1-6,15H,7H2,(H2,14,17). The van der Waals surface area contributed by atoms with E-state index >= 15 is 0 Å². The minimum Gasteiger partial charge on any atom is -0.467 e. The molecule has 0 saturated carbocycles. The smallest absolute Gasteiger partial charge is 0.122 e. The third-order valence-corrected chi connectivity index (χ3v) is 2.74. The maximum absolute atomic E-state index is 5.90. The van der Waals surface area contributed by atoms with Gasteiger partial charge in [0.2, 0.25) is 0 Å². The van der Waals surface area contributed by atoms with E-state index in [1.165, 1.54) is 0 Å². The van der Waals surface area contributed by atoms with Crippen molar-refractivity contribution >= 4 is 34.5 Å². The fourth-order valence-electron chi connectivity index (χ4n) is 1.47. The summed E-state index contributed by atoms with van der Waals surface area (Å²) in [4.78, 5) is 0.314. The average molecular weight is 267 g/mol. The number of hydrogen-bond donors (Lipinski definition) is 2. The zero-order valence-electron chi connectivity index (χ0n) is 8.94. The molecule has 5 heteroatoms. The molecule has 0 radical (unpaired) electrons. The number of furan rings is 1. The number of benzene rings is 1. The monoisotopic (exact) mass is 266 g/mol. The van der Waals surface area contributed by atoms with Gasteiger partial charge in [0.1, 0.15) is 10.7 Å². The van der Waals surface area contributed by atoms with Crippen molar-refractivity contribution in [2.45, 2.75) is 6.54 Å². The summed E-state index contributed by atoms with van der Waals surface area (Å²) in [5.41, 5.74) is 7.22. The van der Waals surface area contributed by atoms with E-state index in [2.05, 4.69) is 5.32 Å². The van der Waals surface area contributed by atoms with Crippen LogP contribution in [0.4, 0.5) is 5.69 Å². The molecule has 3 nitrogen and oxygen atoms in total. The topological polar surface area (TPSA) is 51.2 Å². The van der Waals surface area contributed by atoms with Crippen molar-refractivity contribution in [2.24, 2.45) is 5.73 Å². The van der Waals surface area contributed by atoms with Gasteiger partial charge in [0.25, 0.3) is 0 Å². The van der Waals surface area contributed by atoms with Gasteiger partial charge in [-0.3, -0.25) is 0 Å². The summed E-state index contributed by atoms with van der Waals surface area (Å²) < 4.78 is 5.23. The van der Waals surface area contributed by atoms with Gasteiger partial charge < -0.3 is 15.5 Å². The Labute approximate surface area is 110 Å². The van der Waals surface area contributed by atoms with Crippen LogP contribution < -0.4 is 11.1 Å². The summed E-state index contributed by atoms with van der Waals surface area (Å²) in [6.45, 7) is 0.574. The van der Waals surface area contributed by atoms with E-state index in [9.17, 15) is 0 Å². The molecule has 1 aromatic heterocycles. The first-order valence-corrected chi connectivity index (χ1v) is 5.81. The number of thiocarbonyl (C=S) groups is 1. The van der Waals surface area contributed by atoms with Crippen molar-refractivity contribution in [2.75, 3.05) is 5.32 Å². The van der Waals surface area contributed by atoms with Crippen molar-refractivity contribution in [3.8, 4) is 0 Å². The van der Waals surface area contributed by atoms with Crippen molar-refractivity contribution in [1.82, 2.24) is 0 Å². The Morgan fingerprint density at radius 2 is 2.24 bits per heavy atom. The lowest BCUT2D eigenvalue weighted by Crippen LogP contribution is -2.13. The Morgan fingerprint density at radius 3 is 2.88 bits per heavy atom. The lowest BCUT2D eigenvalue weighted by molar-refractivity contribution is 0.518. The van der Waals surface area contributed by atoms with E-state index < -0.39 is 0 Å². The SMILES string of the molecule is NC(=S)c1cc(Cl)ccc1NCc1ccco1. The van der Waals surface area contributed by atoms with E-state index in [0.29, 0.717) is 16.6 Å². The van der Waals surface area contributed by atoms with Gasteiger partial charge in [0.05, 0.1) is 12.8 Å². The average Bonchev–Trinajstić information content (AvgIpc) is 2.80. The van der Waals surface area contributed by atoms with Crippen LogP contribution in [-0.2, 0) is 6.54 Å². The van der Waals surface area contributed by atoms with Crippen LogP contribution in [0.5, 0.6) is 0 Å². The normalized spacial score (nSPS) is 10.2. The lowest BCUT2D eigenvalue weighted by atomic mass is 10.1. The molecule has 0 unspecified atom stereocenters. The highest BCUT2D eigenvalue weighted by Gasteiger charge is 2.06. The first-order chi connectivity index (χ1) is 8.16. The van der Waals surface area contributed by atoms with Crippen LogP contribution in [0, 0.1) is 0 Å². The molecule has 3 N–H and O–H groups in total. The molecule has 0 aliphatic carbocycles. The van der Waals surface area contributed by atoms with Gasteiger partial charge >= 0.3 is 0 Å². The molecule has 0 amide bonds. The van der Waals surface area contributed by atoms with Gasteiger partial charge in [-0.1, -0.05) is 23.8 Å². The molecule has 0 aliphatic heterocycles. The summed E-state index contributed by atoms with van der Waals surface area (Å²) in [7, 11) is 0. The molecule has 2 rings (SSSR count). The molecule has 17 heavy (non-hydrogen) atoms. The fourth-order valence-corrected chi connectivity index (χ4v) is 1.81. The molecule has 2 aromatic rings. The maximum Gasteiger partial charge on any atom is 0.122 e. The minimum absolute atomic E-state index is 0.314. The highest BCUT2D eigenvalue weighted by atomic mass is 35.5. The molecule has 0 atom stereocenters. The molecule has 0 spiro atoms. The number of nitrogens with two attached hydrogens (primary N) is 1. The van der Waals surface area contributed by atoms with E-state index in [4.69, 9.17) is 34.0 Å². The van der Waals surface area contributed by atoms with Crippen molar-refractivity contribution in [3.63, 3.8) is 0 Å². The Balaban J connectivity index is 2.17. The highest BCUT2D eigenvalue weighted by Crippen LogP contribution is 2.21. The second-order valence-electron chi connectivity index (χ2n) is 3.49. The van der Waals surface area contributed by atoms with Crippen molar-refractivity contribution in [3.05, 3.63) is 52.9 Å². The zero-order chi connectivity index (χ0) is 12.3. The van der Waals surface area contributed by atoms with E-state index in [-0.39, 0.29) is 0 Å². The van der Waals surface area contributed by atoms with Crippen LogP contribution in [0.3, 0.4) is 0 Å². The Morgan fingerprint density at radius 1 is 1.41 bits per heavy atom. The summed E-state index contributed by atoms with van der Waals surface area (Å²) >= 11 is 10.9. The number of halogens is 1. The van der Waals surface area contributed by atoms with E-state index in [0.717, 1.165) is 17.0 Å². The van der Waals surface area contributed by atoms with Gasteiger partial charge in [-0.2, -0.15) is 0 Å². The number of anilines is 1. The first-order valence-electron chi connectivity index (χ1n) is 5.02. The molecule has 0 aliphatic rings. The van der Waals surface area contributed by atoms with Gasteiger partial charge in [-0.15, -0.1) is 0 Å². The molecular weight excluding hydrogens is 256 g/mol. The third-order valence-electron chi connectivity index (χ3n) is 2.28. The van der Waals surface area contributed by atoms with E-state index in [1.54, 1.807) is 18.4 Å². The minimum atomic E-state index is 0.314.